The highest BCUT2D eigenvalue weighted by Crippen LogP contribution is 2.50. The Morgan fingerprint density at radius 1 is 0.541 bits per heavy atom. The number of benzene rings is 4. The molecule has 0 saturated heterocycles. The van der Waals surface area contributed by atoms with Crippen LogP contribution in [0.2, 0.25) is 13.1 Å². The average Bonchev–Trinajstić information content (AvgIpc) is 3.52. The molecule has 0 unspecified atom stereocenters. The van der Waals surface area contributed by atoms with Gasteiger partial charge in [-0.3, -0.25) is 0 Å². The molecule has 0 atom stereocenters. The molecule has 0 aliphatic carbocycles. The lowest BCUT2D eigenvalue weighted by Crippen LogP contribution is -2.23. The van der Waals surface area contributed by atoms with Crippen LogP contribution in [0.25, 0.3) is 16.3 Å². The zero-order valence-corrected chi connectivity index (χ0v) is 23.8. The van der Waals surface area contributed by atoms with E-state index in [2.05, 4.69) is 152 Å². The molecule has 0 nitrogen and oxygen atoms in total. The summed E-state index contributed by atoms with van der Waals surface area (Å²) in [6, 6.07) is 48.8. The Bertz CT molecular complexity index is 1530. The molecular formula is C34H29PSSi. The van der Waals surface area contributed by atoms with E-state index in [0.717, 1.165) is 0 Å². The molecule has 3 heteroatoms. The first kappa shape index (κ1) is 24.1. The van der Waals surface area contributed by atoms with E-state index in [1.165, 1.54) is 42.4 Å². The molecule has 5 aromatic rings. The van der Waals surface area contributed by atoms with E-state index in [4.69, 9.17) is 0 Å². The maximum Gasteiger partial charge on any atom is 0.107 e. The van der Waals surface area contributed by atoms with E-state index in [1.807, 2.05) is 11.3 Å². The van der Waals surface area contributed by atoms with Gasteiger partial charge in [-0.05, 0) is 58.1 Å². The molecule has 0 fully saturated rings. The average molecular weight is 529 g/mol. The molecule has 0 saturated carbocycles. The van der Waals surface area contributed by atoms with E-state index in [0.29, 0.717) is 0 Å². The lowest BCUT2D eigenvalue weighted by atomic mass is 9.93. The molecule has 180 valence electrons. The standard InChI is InChI=1S/C34H29PSSi/c1-37(2)25-30(26-15-7-3-8-16-26)33(27-17-9-4-10-18-27)34(37)31-23-24-32(36-31)35(28-19-11-5-12-20-28)29-21-13-6-14-22-29/h3-25H,1-2H3. The number of thiophene rings is 1. The van der Waals surface area contributed by atoms with Crippen LogP contribution in [0.15, 0.2) is 139 Å². The molecule has 2 heterocycles. The molecule has 37 heavy (non-hydrogen) atoms. The minimum Gasteiger partial charge on any atom is -0.135 e. The van der Waals surface area contributed by atoms with Crippen molar-refractivity contribution in [3.8, 4) is 0 Å². The summed E-state index contributed by atoms with van der Waals surface area (Å²) in [4.78, 5) is 1.42. The molecule has 1 aliphatic rings. The van der Waals surface area contributed by atoms with Crippen molar-refractivity contribution in [3.63, 3.8) is 0 Å². The fourth-order valence-electron chi connectivity index (χ4n) is 5.29. The molecule has 0 radical (unpaired) electrons. The predicted octanol–water partition coefficient (Wildman–Crippen LogP) is 8.30. The maximum absolute atomic E-state index is 2.61. The zero-order chi connectivity index (χ0) is 25.2. The van der Waals surface area contributed by atoms with Crippen molar-refractivity contribution in [2.45, 2.75) is 13.1 Å². The van der Waals surface area contributed by atoms with Gasteiger partial charge in [0.15, 0.2) is 0 Å². The van der Waals surface area contributed by atoms with Crippen LogP contribution in [0.5, 0.6) is 0 Å². The van der Waals surface area contributed by atoms with E-state index >= 15 is 0 Å². The molecular weight excluding hydrogens is 500 g/mol. The van der Waals surface area contributed by atoms with Crippen molar-refractivity contribution < 1.29 is 0 Å². The normalized spacial score (nSPS) is 14.7. The SMILES string of the molecule is C[Si]1(C)C=C(c2ccccc2)C(c2ccccc2)=C1c1ccc(P(c2ccccc2)c2ccccc2)s1. The lowest BCUT2D eigenvalue weighted by Gasteiger charge is -2.20. The molecule has 1 aliphatic heterocycles. The van der Waals surface area contributed by atoms with Crippen LogP contribution in [0.4, 0.5) is 0 Å². The van der Waals surface area contributed by atoms with Crippen molar-refractivity contribution in [2.24, 2.45) is 0 Å². The zero-order valence-electron chi connectivity index (χ0n) is 21.1. The fourth-order valence-corrected chi connectivity index (χ4v) is 13.0. The third-order valence-electron chi connectivity index (χ3n) is 6.90. The van der Waals surface area contributed by atoms with Crippen molar-refractivity contribution in [2.75, 3.05) is 0 Å². The number of hydrogen-bond acceptors (Lipinski definition) is 1. The van der Waals surface area contributed by atoms with Crippen LogP contribution < -0.4 is 15.2 Å². The van der Waals surface area contributed by atoms with Crippen LogP contribution in [0.1, 0.15) is 16.0 Å². The number of rotatable bonds is 6. The maximum atomic E-state index is 2.61. The molecule has 1 aromatic heterocycles. The summed E-state index contributed by atoms with van der Waals surface area (Å²) in [6.45, 7) is 5.00. The van der Waals surface area contributed by atoms with Gasteiger partial charge in [-0.15, -0.1) is 11.3 Å². The predicted molar refractivity (Wildman–Crippen MR) is 168 cm³/mol. The van der Waals surface area contributed by atoms with E-state index in [9.17, 15) is 0 Å². The summed E-state index contributed by atoms with van der Waals surface area (Å²) in [5, 5.41) is 4.37. The van der Waals surface area contributed by atoms with Gasteiger partial charge in [0, 0.05) is 9.50 Å². The van der Waals surface area contributed by atoms with Crippen molar-refractivity contribution in [1.29, 1.82) is 0 Å². The summed E-state index contributed by atoms with van der Waals surface area (Å²) in [6.07, 6.45) is 0. The number of hydrogen-bond donors (Lipinski definition) is 0. The molecule has 4 aromatic carbocycles. The fraction of sp³-hybridized carbons (Fsp3) is 0.0588. The first-order valence-corrected chi connectivity index (χ1v) is 17.9. The second-order valence-electron chi connectivity index (χ2n) is 9.91. The first-order valence-electron chi connectivity index (χ1n) is 12.7. The summed E-state index contributed by atoms with van der Waals surface area (Å²) in [5.41, 5.74) is 8.04. The van der Waals surface area contributed by atoms with Crippen LogP contribution in [0.3, 0.4) is 0 Å². The smallest absolute Gasteiger partial charge is 0.107 e. The van der Waals surface area contributed by atoms with Crippen molar-refractivity contribution in [1.82, 2.24) is 0 Å². The van der Waals surface area contributed by atoms with Gasteiger partial charge in [-0.1, -0.05) is 140 Å². The highest BCUT2D eigenvalue weighted by molar-refractivity contribution is 7.84. The van der Waals surface area contributed by atoms with E-state index < -0.39 is 16.0 Å². The molecule has 0 amide bonds. The van der Waals surface area contributed by atoms with Crippen molar-refractivity contribution >= 4 is 58.9 Å². The largest absolute Gasteiger partial charge is 0.135 e. The summed E-state index contributed by atoms with van der Waals surface area (Å²) in [7, 11) is -2.45. The van der Waals surface area contributed by atoms with Crippen LogP contribution >= 0.6 is 19.3 Å². The second-order valence-corrected chi connectivity index (χ2v) is 17.7. The molecule has 0 spiro atoms. The van der Waals surface area contributed by atoms with Gasteiger partial charge in [-0.25, -0.2) is 0 Å². The topological polar surface area (TPSA) is 0 Å². The van der Waals surface area contributed by atoms with Crippen LogP contribution in [-0.2, 0) is 0 Å². The molecule has 0 N–H and O–H groups in total. The second kappa shape index (κ2) is 10.2. The van der Waals surface area contributed by atoms with E-state index in [1.54, 1.807) is 5.20 Å². The lowest BCUT2D eigenvalue weighted by molar-refractivity contribution is 1.60. The van der Waals surface area contributed by atoms with Gasteiger partial charge >= 0.3 is 0 Å². The highest BCUT2D eigenvalue weighted by Gasteiger charge is 2.37. The van der Waals surface area contributed by atoms with Gasteiger partial charge in [0.05, 0.1) is 0 Å². The van der Waals surface area contributed by atoms with Crippen molar-refractivity contribution in [3.05, 3.63) is 155 Å². The minimum absolute atomic E-state index is 0.599. The Kier molecular flexibility index (Phi) is 6.65. The van der Waals surface area contributed by atoms with Gasteiger partial charge in [-0.2, -0.15) is 0 Å². The Balaban J connectivity index is 1.53. The summed E-state index contributed by atoms with van der Waals surface area (Å²) < 4.78 is 1.46. The van der Waals surface area contributed by atoms with Gasteiger partial charge in [0.2, 0.25) is 0 Å². The Morgan fingerprint density at radius 2 is 1.03 bits per heavy atom. The van der Waals surface area contributed by atoms with Gasteiger partial charge < -0.3 is 0 Å². The number of allylic oxidation sites excluding steroid dienone is 2. The van der Waals surface area contributed by atoms with E-state index in [-0.39, 0.29) is 0 Å². The Morgan fingerprint density at radius 3 is 1.57 bits per heavy atom. The first-order chi connectivity index (χ1) is 18.1. The van der Waals surface area contributed by atoms with Crippen LogP contribution in [-0.4, -0.2) is 8.07 Å². The highest BCUT2D eigenvalue weighted by atomic mass is 32.1. The quantitative estimate of drug-likeness (QED) is 0.154. The summed E-state index contributed by atoms with van der Waals surface area (Å²) >= 11 is 2.00. The third kappa shape index (κ3) is 4.73. The Hall–Kier alpha value is -3.29. The van der Waals surface area contributed by atoms with Gasteiger partial charge in [0.1, 0.15) is 8.07 Å². The van der Waals surface area contributed by atoms with Crippen LogP contribution in [0, 0.1) is 0 Å². The molecule has 0 bridgehead atoms. The van der Waals surface area contributed by atoms with Gasteiger partial charge in [0.25, 0.3) is 0 Å². The summed E-state index contributed by atoms with van der Waals surface area (Å²) in [5.74, 6) is 0. The Labute approximate surface area is 226 Å². The minimum atomic E-state index is -1.85. The molecule has 6 rings (SSSR count). The third-order valence-corrected chi connectivity index (χ3v) is 13.8. The monoisotopic (exact) mass is 528 g/mol.